The molecule has 4 aromatic carbocycles. The minimum atomic E-state index is -0.434. The van der Waals surface area contributed by atoms with Gasteiger partial charge in [0.1, 0.15) is 18.5 Å². The van der Waals surface area contributed by atoms with Gasteiger partial charge >= 0.3 is 12.0 Å². The van der Waals surface area contributed by atoms with E-state index in [2.05, 4.69) is 24.3 Å². The Balaban J connectivity index is 1.28. The van der Waals surface area contributed by atoms with Crippen molar-refractivity contribution in [3.05, 3.63) is 138 Å². The number of ether oxygens (including phenoxy) is 2. The molecule has 6 rings (SSSR count). The molecule has 0 saturated carbocycles. The third kappa shape index (κ3) is 6.12. The van der Waals surface area contributed by atoms with Gasteiger partial charge in [-0.05, 0) is 47.2 Å². The molecule has 0 N–H and O–H groups in total. The summed E-state index contributed by atoms with van der Waals surface area (Å²) in [6.45, 7) is 2.31. The van der Waals surface area contributed by atoms with Crippen LogP contribution < -0.4 is 4.74 Å². The normalized spacial score (nSPS) is 21.2. The van der Waals surface area contributed by atoms with Crippen molar-refractivity contribution in [2.24, 2.45) is 0 Å². The van der Waals surface area contributed by atoms with Crippen molar-refractivity contribution >= 4 is 12.0 Å². The molecule has 0 radical (unpaired) electrons. The standard InChI is InChI=1S/C35H34N2O4/c1-25(38)41-34-32(22-27-14-7-3-8-15-27)36(35(39)37-31(33(34)37)21-26-12-5-2-6-13-26)23-29-18-11-19-30(20-29)40-24-28-16-9-4-10-17-28/h2-20,31-34H,21-24H2,1H3/t31-,32-,33-,34+,37?/m1/s1. The highest BCUT2D eigenvalue weighted by Crippen LogP contribution is 2.44. The van der Waals surface area contributed by atoms with E-state index in [4.69, 9.17) is 9.47 Å². The number of rotatable bonds is 10. The quantitative estimate of drug-likeness (QED) is 0.180. The molecule has 6 heteroatoms. The summed E-state index contributed by atoms with van der Waals surface area (Å²) < 4.78 is 12.1. The van der Waals surface area contributed by atoms with E-state index in [1.165, 1.54) is 6.92 Å². The molecule has 0 aliphatic carbocycles. The van der Waals surface area contributed by atoms with Gasteiger partial charge in [0.05, 0.1) is 18.1 Å². The van der Waals surface area contributed by atoms with Crippen LogP contribution in [-0.4, -0.2) is 46.0 Å². The van der Waals surface area contributed by atoms with E-state index in [1.54, 1.807) is 0 Å². The number of hydrogen-bond donors (Lipinski definition) is 0. The first-order valence-corrected chi connectivity index (χ1v) is 14.2. The van der Waals surface area contributed by atoms with Crippen molar-refractivity contribution in [1.82, 2.24) is 9.80 Å². The molecular formula is C35H34N2O4. The lowest BCUT2D eigenvalue weighted by Crippen LogP contribution is -2.57. The Morgan fingerprint density at radius 3 is 1.88 bits per heavy atom. The lowest BCUT2D eigenvalue weighted by Gasteiger charge is -2.40. The number of esters is 1. The molecule has 2 amide bonds. The van der Waals surface area contributed by atoms with Crippen LogP contribution in [0.2, 0.25) is 0 Å². The minimum Gasteiger partial charge on any atom is -0.489 e. The van der Waals surface area contributed by atoms with Crippen LogP contribution in [0, 0.1) is 0 Å². The molecule has 2 fully saturated rings. The SMILES string of the molecule is CC(=O)O[C@@H]1[C@H]2[C@@H](Cc3ccccc3)N2C(=O)N(Cc2cccc(OCc3ccccc3)c2)[C@@H]1Cc1ccccc1. The Kier molecular flexibility index (Phi) is 7.72. The summed E-state index contributed by atoms with van der Waals surface area (Å²) in [5, 5.41) is 0. The topological polar surface area (TPSA) is 58.9 Å². The molecule has 2 aliphatic rings. The van der Waals surface area contributed by atoms with E-state index in [9.17, 15) is 9.59 Å². The Morgan fingerprint density at radius 2 is 1.27 bits per heavy atom. The lowest BCUT2D eigenvalue weighted by atomic mass is 9.94. The summed E-state index contributed by atoms with van der Waals surface area (Å²) >= 11 is 0. The van der Waals surface area contributed by atoms with Crippen LogP contribution in [0.3, 0.4) is 0 Å². The van der Waals surface area contributed by atoms with Gasteiger partial charge in [-0.15, -0.1) is 0 Å². The molecule has 6 nitrogen and oxygen atoms in total. The van der Waals surface area contributed by atoms with Crippen LogP contribution in [0.5, 0.6) is 5.75 Å². The molecule has 0 bridgehead atoms. The Morgan fingerprint density at radius 1 is 0.707 bits per heavy atom. The first-order valence-electron chi connectivity index (χ1n) is 14.2. The van der Waals surface area contributed by atoms with E-state index in [-0.39, 0.29) is 30.1 Å². The van der Waals surface area contributed by atoms with E-state index in [1.807, 2.05) is 101 Å². The average Bonchev–Trinajstić information content (AvgIpc) is 3.71. The highest BCUT2D eigenvalue weighted by molar-refractivity contribution is 5.81. The van der Waals surface area contributed by atoms with Crippen LogP contribution >= 0.6 is 0 Å². The number of benzene rings is 4. The maximum atomic E-state index is 14.1. The van der Waals surface area contributed by atoms with Gasteiger partial charge in [0.25, 0.3) is 0 Å². The highest BCUT2D eigenvalue weighted by atomic mass is 16.5. The summed E-state index contributed by atoms with van der Waals surface area (Å²) in [4.78, 5) is 30.2. The second-order valence-corrected chi connectivity index (χ2v) is 10.8. The zero-order valence-electron chi connectivity index (χ0n) is 23.1. The van der Waals surface area contributed by atoms with Crippen molar-refractivity contribution < 1.29 is 19.1 Å². The second kappa shape index (κ2) is 11.9. The van der Waals surface area contributed by atoms with Crippen molar-refractivity contribution in [1.29, 1.82) is 0 Å². The van der Waals surface area contributed by atoms with Gasteiger partial charge in [0, 0.05) is 13.5 Å². The van der Waals surface area contributed by atoms with Crippen molar-refractivity contribution in [2.75, 3.05) is 0 Å². The maximum Gasteiger partial charge on any atom is 0.321 e. The molecule has 208 valence electrons. The van der Waals surface area contributed by atoms with Crippen molar-refractivity contribution in [3.63, 3.8) is 0 Å². The predicted octanol–water partition coefficient (Wildman–Crippen LogP) is 6.04. The first-order chi connectivity index (χ1) is 20.1. The molecule has 4 atom stereocenters. The Hall–Kier alpha value is -4.58. The van der Waals surface area contributed by atoms with Gasteiger partial charge in [0.15, 0.2) is 0 Å². The predicted molar refractivity (Wildman–Crippen MR) is 157 cm³/mol. The second-order valence-electron chi connectivity index (χ2n) is 10.8. The fourth-order valence-electron chi connectivity index (χ4n) is 5.99. The largest absolute Gasteiger partial charge is 0.489 e. The van der Waals surface area contributed by atoms with Gasteiger partial charge in [0.2, 0.25) is 0 Å². The molecular weight excluding hydrogens is 512 g/mol. The monoisotopic (exact) mass is 546 g/mol. The number of nitrogens with zero attached hydrogens (tertiary/aromatic N) is 2. The summed E-state index contributed by atoms with van der Waals surface area (Å²) in [6, 6.07) is 37.7. The molecule has 2 saturated heterocycles. The molecule has 41 heavy (non-hydrogen) atoms. The fraction of sp³-hybridized carbons (Fsp3) is 0.257. The van der Waals surface area contributed by atoms with Gasteiger partial charge < -0.3 is 19.3 Å². The van der Waals surface area contributed by atoms with Gasteiger partial charge in [-0.25, -0.2) is 4.79 Å². The zero-order chi connectivity index (χ0) is 28.2. The smallest absolute Gasteiger partial charge is 0.321 e. The fourth-order valence-corrected chi connectivity index (χ4v) is 5.99. The lowest BCUT2D eigenvalue weighted by molar-refractivity contribution is -0.151. The number of carbonyl (C=O) groups is 2. The van der Waals surface area contributed by atoms with Crippen LogP contribution in [-0.2, 0) is 35.5 Å². The van der Waals surface area contributed by atoms with E-state index in [0.717, 1.165) is 34.4 Å². The number of fused-ring (bicyclic) bond motifs is 1. The van der Waals surface area contributed by atoms with E-state index >= 15 is 0 Å². The number of urea groups is 1. The first kappa shape index (κ1) is 26.6. The summed E-state index contributed by atoms with van der Waals surface area (Å²) in [7, 11) is 0. The Labute approximate surface area is 241 Å². The van der Waals surface area contributed by atoms with Crippen molar-refractivity contribution in [2.45, 2.75) is 57.1 Å². The molecule has 0 aromatic heterocycles. The number of hydrogen-bond acceptors (Lipinski definition) is 4. The highest BCUT2D eigenvalue weighted by Gasteiger charge is 2.63. The summed E-state index contributed by atoms with van der Waals surface area (Å²) in [5.74, 6) is 0.419. The van der Waals surface area contributed by atoms with Gasteiger partial charge in [-0.3, -0.25) is 4.79 Å². The molecule has 2 heterocycles. The summed E-state index contributed by atoms with van der Waals surface area (Å²) in [6.07, 6.45) is 0.887. The van der Waals surface area contributed by atoms with Crippen LogP contribution in [0.4, 0.5) is 4.79 Å². The zero-order valence-corrected chi connectivity index (χ0v) is 23.1. The van der Waals surface area contributed by atoms with Gasteiger partial charge in [-0.1, -0.05) is 103 Å². The maximum absolute atomic E-state index is 14.1. The number of carbonyl (C=O) groups excluding carboxylic acids is 2. The molecule has 2 aliphatic heterocycles. The summed E-state index contributed by atoms with van der Waals surface area (Å²) in [5.41, 5.74) is 4.31. The average molecular weight is 547 g/mol. The third-order valence-electron chi connectivity index (χ3n) is 7.94. The van der Waals surface area contributed by atoms with Crippen LogP contribution in [0.15, 0.2) is 115 Å². The van der Waals surface area contributed by atoms with Crippen LogP contribution in [0.25, 0.3) is 0 Å². The third-order valence-corrected chi connectivity index (χ3v) is 7.94. The van der Waals surface area contributed by atoms with E-state index < -0.39 is 6.10 Å². The number of amides is 2. The van der Waals surface area contributed by atoms with Gasteiger partial charge in [-0.2, -0.15) is 0 Å². The minimum absolute atomic E-state index is 0.0157. The Bertz CT molecular complexity index is 1480. The van der Waals surface area contributed by atoms with Crippen LogP contribution in [0.1, 0.15) is 29.2 Å². The molecule has 4 aromatic rings. The van der Waals surface area contributed by atoms with E-state index in [0.29, 0.717) is 19.6 Å². The molecule has 0 unspecified atom stereocenters. The molecule has 0 spiro atoms. The van der Waals surface area contributed by atoms with Crippen molar-refractivity contribution in [3.8, 4) is 5.75 Å².